The molecule has 1 aliphatic rings. The lowest BCUT2D eigenvalue weighted by atomic mass is 10.2. The molecule has 0 radical (unpaired) electrons. The van der Waals surface area contributed by atoms with Crippen LogP contribution in [0, 0.1) is 0 Å². The zero-order valence-corrected chi connectivity index (χ0v) is 10.7. The summed E-state index contributed by atoms with van der Waals surface area (Å²) in [7, 11) is 0. The highest BCUT2D eigenvalue weighted by atomic mass is 32.1. The highest BCUT2D eigenvalue weighted by molar-refractivity contribution is 7.15. The first-order valence-corrected chi connectivity index (χ1v) is 7.27. The molecule has 1 N–H and O–H groups in total. The van der Waals surface area contributed by atoms with E-state index in [1.54, 1.807) is 22.7 Å². The fraction of sp³-hybridized carbons (Fsp3) is 0.455. The zero-order valence-electron chi connectivity index (χ0n) is 9.06. The van der Waals surface area contributed by atoms with Crippen molar-refractivity contribution in [3.8, 4) is 10.6 Å². The SMILES string of the molecule is CCNc1nc(-c2scnc2C2CC2)cs1. The largest absolute Gasteiger partial charge is 0.362 e. The minimum Gasteiger partial charge on any atom is -0.362 e. The molecule has 0 spiro atoms. The molecule has 0 unspecified atom stereocenters. The van der Waals surface area contributed by atoms with Crippen molar-refractivity contribution >= 4 is 27.8 Å². The summed E-state index contributed by atoms with van der Waals surface area (Å²) in [5, 5.41) is 6.38. The van der Waals surface area contributed by atoms with Gasteiger partial charge in [-0.3, -0.25) is 0 Å². The van der Waals surface area contributed by atoms with Crippen LogP contribution in [-0.2, 0) is 0 Å². The normalized spacial score (nSPS) is 15.3. The molecule has 1 fully saturated rings. The van der Waals surface area contributed by atoms with Crippen LogP contribution < -0.4 is 5.32 Å². The average Bonchev–Trinajstić information content (AvgIpc) is 2.84. The molecule has 0 atom stereocenters. The molecule has 2 aromatic heterocycles. The summed E-state index contributed by atoms with van der Waals surface area (Å²) < 4.78 is 0. The number of nitrogens with zero attached hydrogens (tertiary/aromatic N) is 2. The van der Waals surface area contributed by atoms with Crippen molar-refractivity contribution in [2.45, 2.75) is 25.7 Å². The lowest BCUT2D eigenvalue weighted by Gasteiger charge is -1.96. The van der Waals surface area contributed by atoms with Crippen LogP contribution in [-0.4, -0.2) is 16.5 Å². The zero-order chi connectivity index (χ0) is 11.0. The third kappa shape index (κ3) is 1.85. The molecule has 2 aromatic rings. The third-order valence-electron chi connectivity index (χ3n) is 2.62. The number of thiazole rings is 2. The molecule has 0 bridgehead atoms. The van der Waals surface area contributed by atoms with E-state index in [9.17, 15) is 0 Å². The first-order chi connectivity index (χ1) is 7.88. The van der Waals surface area contributed by atoms with Gasteiger partial charge in [-0.1, -0.05) is 0 Å². The smallest absolute Gasteiger partial charge is 0.183 e. The minimum atomic E-state index is 0.700. The van der Waals surface area contributed by atoms with Crippen LogP contribution in [0.25, 0.3) is 10.6 Å². The van der Waals surface area contributed by atoms with Crippen molar-refractivity contribution in [2.75, 3.05) is 11.9 Å². The summed E-state index contributed by atoms with van der Waals surface area (Å²) >= 11 is 3.38. The van der Waals surface area contributed by atoms with E-state index < -0.39 is 0 Å². The van der Waals surface area contributed by atoms with E-state index in [1.165, 1.54) is 23.4 Å². The summed E-state index contributed by atoms with van der Waals surface area (Å²) in [6.07, 6.45) is 2.59. The highest BCUT2D eigenvalue weighted by Gasteiger charge is 2.29. The van der Waals surface area contributed by atoms with Crippen molar-refractivity contribution in [2.24, 2.45) is 0 Å². The Morgan fingerprint density at radius 2 is 2.31 bits per heavy atom. The monoisotopic (exact) mass is 251 g/mol. The number of aromatic nitrogens is 2. The fourth-order valence-electron chi connectivity index (χ4n) is 1.70. The number of nitrogens with one attached hydrogen (secondary N) is 1. The molecule has 3 nitrogen and oxygen atoms in total. The Morgan fingerprint density at radius 3 is 3.06 bits per heavy atom. The Hall–Kier alpha value is -0.940. The molecule has 5 heteroatoms. The summed E-state index contributed by atoms with van der Waals surface area (Å²) in [6.45, 7) is 3.01. The predicted octanol–water partition coefficient (Wildman–Crippen LogP) is 3.58. The quantitative estimate of drug-likeness (QED) is 0.902. The Bertz CT molecular complexity index is 485. The Labute approximate surface area is 103 Å². The molecule has 3 rings (SSSR count). The molecule has 2 heterocycles. The first-order valence-electron chi connectivity index (χ1n) is 5.51. The summed E-state index contributed by atoms with van der Waals surface area (Å²) in [5.74, 6) is 0.700. The third-order valence-corrected chi connectivity index (χ3v) is 4.29. The topological polar surface area (TPSA) is 37.8 Å². The molecular weight excluding hydrogens is 238 g/mol. The van der Waals surface area contributed by atoms with Gasteiger partial charge in [0.05, 0.1) is 21.8 Å². The van der Waals surface area contributed by atoms with Gasteiger partial charge >= 0.3 is 0 Å². The van der Waals surface area contributed by atoms with E-state index in [-0.39, 0.29) is 0 Å². The molecule has 0 saturated heterocycles. The van der Waals surface area contributed by atoms with E-state index in [0.29, 0.717) is 5.92 Å². The van der Waals surface area contributed by atoms with E-state index in [2.05, 4.69) is 27.6 Å². The van der Waals surface area contributed by atoms with Gasteiger partial charge in [0.1, 0.15) is 0 Å². The van der Waals surface area contributed by atoms with Crippen LogP contribution in [0.3, 0.4) is 0 Å². The fourth-order valence-corrected chi connectivity index (χ4v) is 3.39. The predicted molar refractivity (Wildman–Crippen MR) is 69.4 cm³/mol. The number of hydrogen-bond acceptors (Lipinski definition) is 5. The second kappa shape index (κ2) is 4.14. The second-order valence-electron chi connectivity index (χ2n) is 3.91. The molecule has 1 aliphatic carbocycles. The molecule has 0 aliphatic heterocycles. The van der Waals surface area contributed by atoms with Gasteiger partial charge in [-0.05, 0) is 19.8 Å². The van der Waals surface area contributed by atoms with Crippen molar-refractivity contribution in [3.05, 3.63) is 16.6 Å². The molecular formula is C11H13N3S2. The Kier molecular flexibility index (Phi) is 2.65. The van der Waals surface area contributed by atoms with Gasteiger partial charge in [0.15, 0.2) is 5.13 Å². The maximum Gasteiger partial charge on any atom is 0.183 e. The van der Waals surface area contributed by atoms with Crippen molar-refractivity contribution in [1.82, 2.24) is 9.97 Å². The van der Waals surface area contributed by atoms with Crippen molar-refractivity contribution < 1.29 is 0 Å². The van der Waals surface area contributed by atoms with Gasteiger partial charge in [0.2, 0.25) is 0 Å². The summed E-state index contributed by atoms with van der Waals surface area (Å²) in [4.78, 5) is 10.3. The maximum atomic E-state index is 4.59. The number of anilines is 1. The summed E-state index contributed by atoms with van der Waals surface area (Å²) in [5.41, 5.74) is 4.29. The van der Waals surface area contributed by atoms with Crippen molar-refractivity contribution in [3.63, 3.8) is 0 Å². The van der Waals surface area contributed by atoms with Crippen LogP contribution in [0.2, 0.25) is 0 Å². The number of rotatable bonds is 4. The van der Waals surface area contributed by atoms with Gasteiger partial charge in [0, 0.05) is 17.8 Å². The maximum absolute atomic E-state index is 4.59. The van der Waals surface area contributed by atoms with Crippen LogP contribution in [0.15, 0.2) is 10.9 Å². The molecule has 1 saturated carbocycles. The summed E-state index contributed by atoms with van der Waals surface area (Å²) in [6, 6.07) is 0. The lowest BCUT2D eigenvalue weighted by Crippen LogP contribution is -1.95. The van der Waals surface area contributed by atoms with Gasteiger partial charge in [-0.2, -0.15) is 0 Å². The van der Waals surface area contributed by atoms with E-state index in [1.807, 2.05) is 5.51 Å². The molecule has 16 heavy (non-hydrogen) atoms. The first kappa shape index (κ1) is 10.2. The standard InChI is InChI=1S/C11H13N3S2/c1-2-12-11-14-8(5-15-11)10-9(7-3-4-7)13-6-16-10/h5-7H,2-4H2,1H3,(H,12,14). The van der Waals surface area contributed by atoms with Gasteiger partial charge in [-0.15, -0.1) is 22.7 Å². The van der Waals surface area contributed by atoms with E-state index in [4.69, 9.17) is 0 Å². The minimum absolute atomic E-state index is 0.700. The Balaban J connectivity index is 1.91. The Morgan fingerprint density at radius 1 is 1.44 bits per heavy atom. The van der Waals surface area contributed by atoms with Crippen LogP contribution in [0.4, 0.5) is 5.13 Å². The second-order valence-corrected chi connectivity index (χ2v) is 5.62. The molecule has 0 amide bonds. The highest BCUT2D eigenvalue weighted by Crippen LogP contribution is 2.45. The van der Waals surface area contributed by atoms with E-state index in [0.717, 1.165) is 17.4 Å². The van der Waals surface area contributed by atoms with E-state index >= 15 is 0 Å². The van der Waals surface area contributed by atoms with Gasteiger partial charge in [0.25, 0.3) is 0 Å². The number of hydrogen-bond donors (Lipinski definition) is 1. The van der Waals surface area contributed by atoms with Gasteiger partial charge in [-0.25, -0.2) is 9.97 Å². The average molecular weight is 251 g/mol. The molecule has 0 aromatic carbocycles. The van der Waals surface area contributed by atoms with Crippen LogP contribution in [0.5, 0.6) is 0 Å². The van der Waals surface area contributed by atoms with Crippen molar-refractivity contribution in [1.29, 1.82) is 0 Å². The molecule has 84 valence electrons. The lowest BCUT2D eigenvalue weighted by molar-refractivity contribution is 1.05. The van der Waals surface area contributed by atoms with Crippen LogP contribution >= 0.6 is 22.7 Å². The van der Waals surface area contributed by atoms with Gasteiger partial charge < -0.3 is 5.32 Å². The van der Waals surface area contributed by atoms with Crippen LogP contribution in [0.1, 0.15) is 31.4 Å².